The SMILES string of the molecule is COc1ccc(C(=O)C(C)Br)c(O)c1. The van der Waals surface area contributed by atoms with Crippen molar-refractivity contribution in [3.8, 4) is 11.5 Å². The van der Waals surface area contributed by atoms with Gasteiger partial charge in [0.15, 0.2) is 5.78 Å². The van der Waals surface area contributed by atoms with Gasteiger partial charge in [0.2, 0.25) is 0 Å². The molecule has 0 aromatic heterocycles. The van der Waals surface area contributed by atoms with Crippen LogP contribution in [-0.4, -0.2) is 22.8 Å². The number of halogens is 1. The van der Waals surface area contributed by atoms with Crippen LogP contribution in [0.5, 0.6) is 11.5 Å². The largest absolute Gasteiger partial charge is 0.507 e. The van der Waals surface area contributed by atoms with Gasteiger partial charge in [-0.2, -0.15) is 0 Å². The monoisotopic (exact) mass is 258 g/mol. The van der Waals surface area contributed by atoms with Crippen molar-refractivity contribution in [3.63, 3.8) is 0 Å². The number of carbonyl (C=O) groups is 1. The van der Waals surface area contributed by atoms with E-state index in [-0.39, 0.29) is 16.4 Å². The first-order chi connectivity index (χ1) is 6.56. The average Bonchev–Trinajstić information content (AvgIpc) is 2.16. The second-order valence-corrected chi connectivity index (χ2v) is 4.24. The number of benzene rings is 1. The summed E-state index contributed by atoms with van der Waals surface area (Å²) in [5.74, 6) is 0.326. The molecular weight excluding hydrogens is 248 g/mol. The Kier molecular flexibility index (Phi) is 3.52. The maximum atomic E-state index is 11.5. The zero-order valence-electron chi connectivity index (χ0n) is 7.95. The normalized spacial score (nSPS) is 12.2. The molecule has 3 nitrogen and oxygen atoms in total. The van der Waals surface area contributed by atoms with E-state index in [4.69, 9.17) is 4.74 Å². The Morgan fingerprint density at radius 2 is 2.21 bits per heavy atom. The van der Waals surface area contributed by atoms with Crippen molar-refractivity contribution < 1.29 is 14.6 Å². The lowest BCUT2D eigenvalue weighted by atomic mass is 10.1. The first-order valence-electron chi connectivity index (χ1n) is 4.11. The number of hydrogen-bond acceptors (Lipinski definition) is 3. The van der Waals surface area contributed by atoms with Gasteiger partial charge in [-0.05, 0) is 19.1 Å². The summed E-state index contributed by atoms with van der Waals surface area (Å²) >= 11 is 3.15. The molecule has 0 saturated carbocycles. The highest BCUT2D eigenvalue weighted by Crippen LogP contribution is 2.25. The summed E-state index contributed by atoms with van der Waals surface area (Å²) in [5.41, 5.74) is 0.301. The molecule has 1 unspecified atom stereocenters. The Morgan fingerprint density at radius 1 is 1.57 bits per heavy atom. The number of aromatic hydroxyl groups is 1. The Balaban J connectivity index is 3.06. The van der Waals surface area contributed by atoms with E-state index in [1.54, 1.807) is 19.1 Å². The molecule has 0 bridgehead atoms. The molecule has 0 amide bonds. The van der Waals surface area contributed by atoms with Crippen molar-refractivity contribution in [2.75, 3.05) is 7.11 Å². The zero-order valence-corrected chi connectivity index (χ0v) is 9.54. The van der Waals surface area contributed by atoms with E-state index < -0.39 is 0 Å². The summed E-state index contributed by atoms with van der Waals surface area (Å²) in [6.07, 6.45) is 0. The summed E-state index contributed by atoms with van der Waals surface area (Å²) in [6.45, 7) is 1.71. The number of phenols is 1. The molecule has 0 aliphatic rings. The molecule has 14 heavy (non-hydrogen) atoms. The number of hydrogen-bond donors (Lipinski definition) is 1. The van der Waals surface area contributed by atoms with E-state index in [0.29, 0.717) is 11.3 Å². The number of methoxy groups -OCH3 is 1. The van der Waals surface area contributed by atoms with Gasteiger partial charge in [-0.1, -0.05) is 15.9 Å². The van der Waals surface area contributed by atoms with Crippen molar-refractivity contribution in [2.45, 2.75) is 11.8 Å². The molecule has 0 heterocycles. The maximum absolute atomic E-state index is 11.5. The highest BCUT2D eigenvalue weighted by molar-refractivity contribution is 9.10. The van der Waals surface area contributed by atoms with Crippen LogP contribution in [0.15, 0.2) is 18.2 Å². The van der Waals surface area contributed by atoms with Crippen LogP contribution in [0.3, 0.4) is 0 Å². The molecule has 1 aromatic rings. The lowest BCUT2D eigenvalue weighted by Gasteiger charge is -2.06. The Hall–Kier alpha value is -1.03. The first-order valence-corrected chi connectivity index (χ1v) is 5.03. The molecule has 1 rings (SSSR count). The van der Waals surface area contributed by atoms with Crippen molar-refractivity contribution in [3.05, 3.63) is 23.8 Å². The number of phenolic OH excluding ortho intramolecular Hbond substituents is 1. The second-order valence-electron chi connectivity index (χ2n) is 2.86. The Morgan fingerprint density at radius 3 is 2.64 bits per heavy atom. The summed E-state index contributed by atoms with van der Waals surface area (Å²) < 4.78 is 4.91. The molecule has 0 saturated heterocycles. The fourth-order valence-corrected chi connectivity index (χ4v) is 1.31. The standard InChI is InChI=1S/C10H11BrO3/c1-6(11)10(13)8-4-3-7(14-2)5-9(8)12/h3-6,12H,1-2H3. The number of Topliss-reactive ketones (excluding diaryl/α,β-unsaturated/α-hetero) is 1. The van der Waals surface area contributed by atoms with Crippen LogP contribution < -0.4 is 4.74 Å². The number of alkyl halides is 1. The molecule has 0 spiro atoms. The summed E-state index contributed by atoms with van der Waals surface area (Å²) in [5, 5.41) is 9.52. The van der Waals surface area contributed by atoms with Gasteiger partial charge in [-0.3, -0.25) is 4.79 Å². The van der Waals surface area contributed by atoms with E-state index in [0.717, 1.165) is 0 Å². The third-order valence-electron chi connectivity index (χ3n) is 1.83. The van der Waals surface area contributed by atoms with Crippen LogP contribution in [0.2, 0.25) is 0 Å². The lowest BCUT2D eigenvalue weighted by molar-refractivity contribution is 0.0993. The molecular formula is C10H11BrO3. The van der Waals surface area contributed by atoms with E-state index in [1.165, 1.54) is 13.2 Å². The maximum Gasteiger partial charge on any atom is 0.179 e. The van der Waals surface area contributed by atoms with Crippen LogP contribution in [0.4, 0.5) is 0 Å². The third kappa shape index (κ3) is 2.26. The zero-order chi connectivity index (χ0) is 10.7. The van der Waals surface area contributed by atoms with E-state index in [1.807, 2.05) is 0 Å². The van der Waals surface area contributed by atoms with Crippen LogP contribution in [0.1, 0.15) is 17.3 Å². The smallest absolute Gasteiger partial charge is 0.179 e. The van der Waals surface area contributed by atoms with Crippen molar-refractivity contribution in [1.82, 2.24) is 0 Å². The average molecular weight is 259 g/mol. The molecule has 76 valence electrons. The van der Waals surface area contributed by atoms with Crippen LogP contribution in [-0.2, 0) is 0 Å². The Labute approximate surface area is 90.8 Å². The number of ketones is 1. The predicted molar refractivity (Wildman–Crippen MR) is 57.4 cm³/mol. The number of ether oxygens (including phenoxy) is 1. The second kappa shape index (κ2) is 4.46. The van der Waals surface area contributed by atoms with Gasteiger partial charge >= 0.3 is 0 Å². The molecule has 0 fully saturated rings. The summed E-state index contributed by atoms with van der Waals surface area (Å²) in [4.78, 5) is 11.2. The molecule has 1 N–H and O–H groups in total. The van der Waals surface area contributed by atoms with Gasteiger partial charge in [0, 0.05) is 6.07 Å². The molecule has 4 heteroatoms. The van der Waals surface area contributed by atoms with Crippen LogP contribution in [0, 0.1) is 0 Å². The fraction of sp³-hybridized carbons (Fsp3) is 0.300. The molecule has 1 aromatic carbocycles. The van der Waals surface area contributed by atoms with Crippen LogP contribution in [0.25, 0.3) is 0 Å². The van der Waals surface area contributed by atoms with E-state index in [2.05, 4.69) is 15.9 Å². The minimum absolute atomic E-state index is 0.0550. The predicted octanol–water partition coefficient (Wildman–Crippen LogP) is 2.37. The first kappa shape index (κ1) is 11.0. The van der Waals surface area contributed by atoms with Gasteiger partial charge in [-0.25, -0.2) is 0 Å². The van der Waals surface area contributed by atoms with Gasteiger partial charge in [0.05, 0.1) is 17.5 Å². The van der Waals surface area contributed by atoms with Gasteiger partial charge < -0.3 is 9.84 Å². The highest BCUT2D eigenvalue weighted by atomic mass is 79.9. The van der Waals surface area contributed by atoms with Gasteiger partial charge in [0.1, 0.15) is 11.5 Å². The fourth-order valence-electron chi connectivity index (χ4n) is 1.06. The topological polar surface area (TPSA) is 46.5 Å². The lowest BCUT2D eigenvalue weighted by Crippen LogP contribution is -2.09. The van der Waals surface area contributed by atoms with E-state index >= 15 is 0 Å². The van der Waals surface area contributed by atoms with Gasteiger partial charge in [0.25, 0.3) is 0 Å². The molecule has 0 aliphatic carbocycles. The third-order valence-corrected chi connectivity index (χ3v) is 2.25. The van der Waals surface area contributed by atoms with Crippen LogP contribution >= 0.6 is 15.9 Å². The Bertz CT molecular complexity index is 347. The van der Waals surface area contributed by atoms with Crippen molar-refractivity contribution in [1.29, 1.82) is 0 Å². The van der Waals surface area contributed by atoms with Gasteiger partial charge in [-0.15, -0.1) is 0 Å². The quantitative estimate of drug-likeness (QED) is 0.669. The minimum atomic E-state index is -0.304. The van der Waals surface area contributed by atoms with Crippen molar-refractivity contribution >= 4 is 21.7 Å². The van der Waals surface area contributed by atoms with E-state index in [9.17, 15) is 9.90 Å². The highest BCUT2D eigenvalue weighted by Gasteiger charge is 2.16. The molecule has 0 radical (unpaired) electrons. The van der Waals surface area contributed by atoms with Crippen molar-refractivity contribution in [2.24, 2.45) is 0 Å². The molecule has 0 aliphatic heterocycles. The summed E-state index contributed by atoms with van der Waals surface area (Å²) in [7, 11) is 1.50. The molecule has 1 atom stereocenters. The number of carbonyl (C=O) groups excluding carboxylic acids is 1. The minimum Gasteiger partial charge on any atom is -0.507 e. The summed E-state index contributed by atoms with van der Waals surface area (Å²) in [6, 6.07) is 4.61. The number of rotatable bonds is 3.